The largest absolute Gasteiger partial charge is 0.387 e. The molecule has 1 fully saturated rings. The third-order valence-electron chi connectivity index (χ3n) is 6.49. The summed E-state index contributed by atoms with van der Waals surface area (Å²) in [7, 11) is 0. The van der Waals surface area contributed by atoms with E-state index in [-0.39, 0.29) is 5.54 Å². The number of benzene rings is 2. The van der Waals surface area contributed by atoms with Gasteiger partial charge in [0.15, 0.2) is 0 Å². The van der Waals surface area contributed by atoms with E-state index in [2.05, 4.69) is 33.4 Å². The highest BCUT2D eigenvalue weighted by Crippen LogP contribution is 2.48. The van der Waals surface area contributed by atoms with Gasteiger partial charge in [0.05, 0.1) is 23.7 Å². The zero-order valence-corrected chi connectivity index (χ0v) is 17.1. The number of aromatic nitrogens is 3. The predicted molar refractivity (Wildman–Crippen MR) is 113 cm³/mol. The fourth-order valence-corrected chi connectivity index (χ4v) is 5.21. The molecule has 1 saturated carbocycles. The molecule has 6 heteroatoms. The number of nitrogens with zero attached hydrogens (tertiary/aromatic N) is 4. The first-order valence-corrected chi connectivity index (χ1v) is 10.7. The van der Waals surface area contributed by atoms with Gasteiger partial charge in [-0.3, -0.25) is 4.90 Å². The first-order chi connectivity index (χ1) is 14.2. The third kappa shape index (κ3) is 3.37. The van der Waals surface area contributed by atoms with E-state index >= 15 is 0 Å². The molecule has 1 N–H and O–H groups in total. The first-order valence-electron chi connectivity index (χ1n) is 10.4. The van der Waals surface area contributed by atoms with Gasteiger partial charge in [0.1, 0.15) is 0 Å². The summed E-state index contributed by atoms with van der Waals surface area (Å²) in [5.41, 5.74) is 4.22. The Morgan fingerprint density at radius 3 is 2.59 bits per heavy atom. The molecule has 2 aliphatic rings. The van der Waals surface area contributed by atoms with Crippen molar-refractivity contribution in [2.24, 2.45) is 0 Å². The Kier molecular flexibility index (Phi) is 4.90. The van der Waals surface area contributed by atoms with E-state index in [9.17, 15) is 5.11 Å². The topological polar surface area (TPSA) is 54.2 Å². The summed E-state index contributed by atoms with van der Waals surface area (Å²) in [4.78, 5) is 2.44. The summed E-state index contributed by atoms with van der Waals surface area (Å²) in [6.07, 6.45) is 7.49. The molecular weight excluding hydrogens is 384 g/mol. The number of β-amino-alcohol motifs (C(OH)–C–C–N with tert-alkyl or cyclic N) is 1. The van der Waals surface area contributed by atoms with Gasteiger partial charge in [0, 0.05) is 23.7 Å². The van der Waals surface area contributed by atoms with Gasteiger partial charge in [-0.1, -0.05) is 60.3 Å². The standard InChI is InChI=1S/C23H25ClN4O/c24-17-8-10-19(11-9-17)28-15-18(25-26-28)14-27-16-22(29)20-6-2-3-7-21(20)23(27)12-4-1-5-13-23/h2-3,6-11,15,22,29H,1,4-5,12-14,16H2. The van der Waals surface area contributed by atoms with E-state index in [4.69, 9.17) is 11.6 Å². The summed E-state index contributed by atoms with van der Waals surface area (Å²) in [5.74, 6) is 0. The first kappa shape index (κ1) is 18.8. The van der Waals surface area contributed by atoms with Crippen molar-refractivity contribution in [1.29, 1.82) is 0 Å². The van der Waals surface area contributed by atoms with Crippen LogP contribution in [0, 0.1) is 0 Å². The van der Waals surface area contributed by atoms with Crippen molar-refractivity contribution >= 4 is 11.6 Å². The second-order valence-electron chi connectivity index (χ2n) is 8.21. The second-order valence-corrected chi connectivity index (χ2v) is 8.64. The highest BCUT2D eigenvalue weighted by atomic mass is 35.5. The minimum Gasteiger partial charge on any atom is -0.387 e. The molecule has 0 bridgehead atoms. The van der Waals surface area contributed by atoms with Crippen LogP contribution in [0.5, 0.6) is 0 Å². The van der Waals surface area contributed by atoms with E-state index in [1.165, 1.54) is 24.8 Å². The Morgan fingerprint density at radius 1 is 1.03 bits per heavy atom. The van der Waals surface area contributed by atoms with Crippen molar-refractivity contribution in [1.82, 2.24) is 19.9 Å². The lowest BCUT2D eigenvalue weighted by Gasteiger charge is -2.51. The normalized spacial score (nSPS) is 21.2. The Hall–Kier alpha value is -2.21. The molecule has 0 saturated heterocycles. The van der Waals surface area contributed by atoms with Crippen molar-refractivity contribution in [2.45, 2.75) is 50.3 Å². The SMILES string of the molecule is OC1CN(Cc2cn(-c3ccc(Cl)cc3)nn2)C2(CCCCC2)c2ccccc21. The molecule has 2 aromatic carbocycles. The summed E-state index contributed by atoms with van der Waals surface area (Å²) >= 11 is 6.00. The fourth-order valence-electron chi connectivity index (χ4n) is 5.09. The van der Waals surface area contributed by atoms with Crippen molar-refractivity contribution in [3.63, 3.8) is 0 Å². The average molecular weight is 409 g/mol. The van der Waals surface area contributed by atoms with Gasteiger partial charge >= 0.3 is 0 Å². The van der Waals surface area contributed by atoms with Crippen molar-refractivity contribution < 1.29 is 5.11 Å². The molecule has 29 heavy (non-hydrogen) atoms. The van der Waals surface area contributed by atoms with Gasteiger partial charge in [0.2, 0.25) is 0 Å². The Balaban J connectivity index is 1.47. The quantitative estimate of drug-likeness (QED) is 0.686. The van der Waals surface area contributed by atoms with E-state index in [0.717, 1.165) is 29.8 Å². The number of rotatable bonds is 3. The van der Waals surface area contributed by atoms with E-state index in [1.54, 1.807) is 4.68 Å². The molecule has 150 valence electrons. The fraction of sp³-hybridized carbons (Fsp3) is 0.391. The molecule has 1 spiro atoms. The predicted octanol–water partition coefficient (Wildman–Crippen LogP) is 4.63. The molecule has 1 atom stereocenters. The van der Waals surface area contributed by atoms with E-state index in [0.29, 0.717) is 18.1 Å². The van der Waals surface area contributed by atoms with Gasteiger partial charge in [-0.25, -0.2) is 4.68 Å². The van der Waals surface area contributed by atoms with E-state index in [1.807, 2.05) is 36.5 Å². The van der Waals surface area contributed by atoms with Crippen LogP contribution in [0.3, 0.4) is 0 Å². The smallest absolute Gasteiger partial charge is 0.0972 e. The summed E-state index contributed by atoms with van der Waals surface area (Å²) in [5, 5.41) is 20.3. The van der Waals surface area contributed by atoms with Crippen LogP contribution in [0.25, 0.3) is 5.69 Å². The average Bonchev–Trinajstić information content (AvgIpc) is 3.22. The molecule has 1 aromatic heterocycles. The van der Waals surface area contributed by atoms with Crippen LogP contribution < -0.4 is 0 Å². The Bertz CT molecular complexity index is 994. The lowest BCUT2D eigenvalue weighted by Crippen LogP contribution is -2.52. The lowest BCUT2D eigenvalue weighted by atomic mass is 9.70. The zero-order chi connectivity index (χ0) is 19.8. The summed E-state index contributed by atoms with van der Waals surface area (Å²) < 4.78 is 1.79. The Morgan fingerprint density at radius 2 is 1.79 bits per heavy atom. The van der Waals surface area contributed by atoms with Crippen LogP contribution in [0.4, 0.5) is 0 Å². The van der Waals surface area contributed by atoms with Crippen LogP contribution in [0.2, 0.25) is 5.02 Å². The summed E-state index contributed by atoms with van der Waals surface area (Å²) in [6.45, 7) is 1.31. The number of hydrogen-bond acceptors (Lipinski definition) is 4. The highest BCUT2D eigenvalue weighted by molar-refractivity contribution is 6.30. The van der Waals surface area contributed by atoms with Gasteiger partial charge in [-0.15, -0.1) is 5.10 Å². The molecular formula is C23H25ClN4O. The monoisotopic (exact) mass is 408 g/mol. The number of aliphatic hydroxyl groups excluding tert-OH is 1. The van der Waals surface area contributed by atoms with E-state index < -0.39 is 6.10 Å². The van der Waals surface area contributed by atoms with Crippen LogP contribution in [0.1, 0.15) is 55.0 Å². The van der Waals surface area contributed by atoms with Crippen LogP contribution in [-0.2, 0) is 12.1 Å². The van der Waals surface area contributed by atoms with Crippen molar-refractivity contribution in [2.75, 3.05) is 6.54 Å². The second kappa shape index (κ2) is 7.56. The molecule has 3 aromatic rings. The maximum Gasteiger partial charge on any atom is 0.0972 e. The van der Waals surface area contributed by atoms with Crippen molar-refractivity contribution in [3.05, 3.63) is 76.6 Å². The molecule has 5 nitrogen and oxygen atoms in total. The third-order valence-corrected chi connectivity index (χ3v) is 6.74. The van der Waals surface area contributed by atoms with Gasteiger partial charge in [-0.05, 0) is 48.2 Å². The number of aliphatic hydroxyl groups is 1. The lowest BCUT2D eigenvalue weighted by molar-refractivity contribution is -0.0215. The summed E-state index contributed by atoms with van der Waals surface area (Å²) in [6, 6.07) is 16.0. The van der Waals surface area contributed by atoms with Gasteiger partial charge in [-0.2, -0.15) is 0 Å². The molecule has 2 heterocycles. The molecule has 0 radical (unpaired) electrons. The Labute approximate surface area is 175 Å². The van der Waals surface area contributed by atoms with Crippen LogP contribution in [-0.4, -0.2) is 31.5 Å². The molecule has 1 unspecified atom stereocenters. The maximum absolute atomic E-state index is 10.8. The van der Waals surface area contributed by atoms with Gasteiger partial charge < -0.3 is 5.11 Å². The zero-order valence-electron chi connectivity index (χ0n) is 16.3. The highest BCUT2D eigenvalue weighted by Gasteiger charge is 2.45. The maximum atomic E-state index is 10.8. The number of hydrogen-bond donors (Lipinski definition) is 1. The van der Waals surface area contributed by atoms with Crippen LogP contribution >= 0.6 is 11.6 Å². The molecule has 1 aliphatic heterocycles. The number of halogens is 1. The molecule has 5 rings (SSSR count). The minimum atomic E-state index is -0.468. The van der Waals surface area contributed by atoms with Gasteiger partial charge in [0.25, 0.3) is 0 Å². The molecule has 1 aliphatic carbocycles. The molecule has 0 amide bonds. The number of fused-ring (bicyclic) bond motifs is 2. The minimum absolute atomic E-state index is 0.0157. The van der Waals surface area contributed by atoms with Crippen LogP contribution in [0.15, 0.2) is 54.7 Å². The van der Waals surface area contributed by atoms with Crippen molar-refractivity contribution in [3.8, 4) is 5.69 Å².